The number of carbonyl (C=O) groups is 1. The highest BCUT2D eigenvalue weighted by Gasteiger charge is 2.40. The number of carbonyl (C=O) groups excluding carboxylic acids is 1. The van der Waals surface area contributed by atoms with Crippen LogP contribution in [0.4, 0.5) is 4.39 Å². The van der Waals surface area contributed by atoms with Crippen LogP contribution in [0.5, 0.6) is 0 Å². The molecular weight excluding hydrogens is 330 g/mol. The van der Waals surface area contributed by atoms with Crippen molar-refractivity contribution < 1.29 is 24.0 Å². The Morgan fingerprint density at radius 3 is 2.35 bits per heavy atom. The van der Waals surface area contributed by atoms with E-state index in [1.807, 2.05) is 0 Å². The molecule has 1 rings (SSSR count). The van der Waals surface area contributed by atoms with Gasteiger partial charge in [-0.05, 0) is 39.8 Å². The van der Waals surface area contributed by atoms with Crippen molar-refractivity contribution in [1.82, 2.24) is 0 Å². The Kier molecular flexibility index (Phi) is 5.13. The summed E-state index contributed by atoms with van der Waals surface area (Å²) in [4.78, 5) is 10.8. The van der Waals surface area contributed by atoms with Crippen molar-refractivity contribution in [1.29, 1.82) is 0 Å². The maximum Gasteiger partial charge on any atom is 0.494 e. The van der Waals surface area contributed by atoms with Gasteiger partial charge in [-0.1, -0.05) is 15.9 Å². The fraction of sp³-hybridized carbons (Fsp3) is 0.462. The summed E-state index contributed by atoms with van der Waals surface area (Å²) in [6, 6.07) is 2.63. The third kappa shape index (κ3) is 3.66. The van der Waals surface area contributed by atoms with Crippen molar-refractivity contribution in [2.45, 2.75) is 38.9 Å². The molecule has 2 N–H and O–H groups in total. The highest BCUT2D eigenvalue weighted by atomic mass is 79.9. The zero-order valence-electron chi connectivity index (χ0n) is 11.8. The van der Waals surface area contributed by atoms with Crippen LogP contribution in [0.15, 0.2) is 16.6 Å². The summed E-state index contributed by atoms with van der Waals surface area (Å²) in [5, 5.41) is 20.0. The summed E-state index contributed by atoms with van der Waals surface area (Å²) in [5.74, 6) is -0.845. The minimum atomic E-state index is -1.60. The lowest BCUT2D eigenvalue weighted by Gasteiger charge is -2.38. The second kappa shape index (κ2) is 5.93. The van der Waals surface area contributed by atoms with Crippen LogP contribution >= 0.6 is 15.9 Å². The molecule has 1 aromatic rings. The van der Waals surface area contributed by atoms with Crippen molar-refractivity contribution in [3.8, 4) is 0 Å². The number of aliphatic hydroxyl groups is 1. The second-order valence-electron chi connectivity index (χ2n) is 5.56. The van der Waals surface area contributed by atoms with Crippen molar-refractivity contribution in [3.05, 3.63) is 28.0 Å². The lowest BCUT2D eigenvalue weighted by atomic mass is 9.75. The molecular formula is C13H17BBrFO4. The largest absolute Gasteiger partial charge is 0.494 e. The molecule has 0 atom stereocenters. The maximum atomic E-state index is 14.0. The van der Waals surface area contributed by atoms with Gasteiger partial charge in [0.2, 0.25) is 0 Å². The number of hydrogen-bond acceptors (Lipinski definition) is 4. The first-order valence-corrected chi connectivity index (χ1v) is 6.81. The van der Waals surface area contributed by atoms with Gasteiger partial charge in [0.05, 0.1) is 16.8 Å². The Hall–Kier alpha value is -0.755. The van der Waals surface area contributed by atoms with Crippen LogP contribution in [0.2, 0.25) is 0 Å². The molecule has 4 nitrogen and oxygen atoms in total. The van der Waals surface area contributed by atoms with Crippen molar-refractivity contribution in [3.63, 3.8) is 0 Å². The van der Waals surface area contributed by atoms with Crippen LogP contribution in [-0.2, 0) is 4.65 Å². The standard InChI is InChI=1S/C13H17BBrFO4/c1-12(2,18)13(3,4)20-14(19)10-6-9(15)5-8(7-17)11(10)16/h5-7,18-19H,1-4H3. The lowest BCUT2D eigenvalue weighted by molar-refractivity contribution is -0.0983. The quantitative estimate of drug-likeness (QED) is 0.628. The Morgan fingerprint density at radius 2 is 1.90 bits per heavy atom. The van der Waals surface area contributed by atoms with Crippen LogP contribution in [0.3, 0.4) is 0 Å². The van der Waals surface area contributed by atoms with Gasteiger partial charge in [-0.2, -0.15) is 0 Å². The SMILES string of the molecule is CC(C)(O)C(C)(C)OB(O)c1cc(Br)cc(C=O)c1F. The van der Waals surface area contributed by atoms with Crippen LogP contribution in [0, 0.1) is 5.82 Å². The van der Waals surface area contributed by atoms with Gasteiger partial charge in [0.1, 0.15) is 5.82 Å². The summed E-state index contributed by atoms with van der Waals surface area (Å²) in [6.45, 7) is 6.20. The molecule has 0 aliphatic carbocycles. The first kappa shape index (κ1) is 17.3. The van der Waals surface area contributed by atoms with E-state index in [2.05, 4.69) is 15.9 Å². The first-order valence-electron chi connectivity index (χ1n) is 6.02. The molecule has 1 aromatic carbocycles. The lowest BCUT2D eigenvalue weighted by Crippen LogP contribution is -2.53. The van der Waals surface area contributed by atoms with Gasteiger partial charge >= 0.3 is 7.12 Å². The topological polar surface area (TPSA) is 66.8 Å². The Labute approximate surface area is 126 Å². The molecule has 0 spiro atoms. The molecule has 7 heteroatoms. The fourth-order valence-corrected chi connectivity index (χ4v) is 1.88. The fourth-order valence-electron chi connectivity index (χ4n) is 1.38. The van der Waals surface area contributed by atoms with E-state index in [-0.39, 0.29) is 11.0 Å². The molecule has 0 unspecified atom stereocenters. The monoisotopic (exact) mass is 346 g/mol. The average Bonchev–Trinajstić information content (AvgIpc) is 2.29. The van der Waals surface area contributed by atoms with Crippen LogP contribution in [-0.4, -0.2) is 34.7 Å². The molecule has 0 aromatic heterocycles. The summed E-state index contributed by atoms with van der Waals surface area (Å²) in [7, 11) is -1.60. The van der Waals surface area contributed by atoms with E-state index in [1.54, 1.807) is 13.8 Å². The number of benzene rings is 1. The minimum absolute atomic E-state index is 0.168. The van der Waals surface area contributed by atoms with Crippen molar-refractivity contribution >= 4 is 34.8 Å². The molecule has 0 aliphatic heterocycles. The molecule has 110 valence electrons. The highest BCUT2D eigenvalue weighted by molar-refractivity contribution is 9.10. The molecule has 0 radical (unpaired) electrons. The summed E-state index contributed by atoms with van der Waals surface area (Å²) in [6.07, 6.45) is 0.359. The number of halogens is 2. The van der Waals surface area contributed by atoms with E-state index in [0.29, 0.717) is 10.8 Å². The molecule has 0 fully saturated rings. The second-order valence-corrected chi connectivity index (χ2v) is 6.47. The molecule has 0 heterocycles. The zero-order valence-corrected chi connectivity index (χ0v) is 13.4. The van der Waals surface area contributed by atoms with E-state index in [9.17, 15) is 19.3 Å². The summed E-state index contributed by atoms with van der Waals surface area (Å²) < 4.78 is 19.8. The van der Waals surface area contributed by atoms with Crippen molar-refractivity contribution in [2.24, 2.45) is 0 Å². The Balaban J connectivity index is 3.13. The van der Waals surface area contributed by atoms with E-state index < -0.39 is 24.1 Å². The number of rotatable bonds is 5. The molecule has 20 heavy (non-hydrogen) atoms. The molecule has 0 bridgehead atoms. The van der Waals surface area contributed by atoms with E-state index in [4.69, 9.17) is 4.65 Å². The van der Waals surface area contributed by atoms with E-state index in [0.717, 1.165) is 0 Å². The predicted octanol–water partition coefficient (Wildman–Crippen LogP) is 1.65. The Bertz CT molecular complexity index is 514. The number of aldehydes is 1. The Morgan fingerprint density at radius 1 is 1.35 bits per heavy atom. The van der Waals surface area contributed by atoms with Crippen LogP contribution in [0.25, 0.3) is 0 Å². The summed E-state index contributed by atoms with van der Waals surface area (Å²) >= 11 is 3.13. The predicted molar refractivity (Wildman–Crippen MR) is 78.6 cm³/mol. The average molecular weight is 347 g/mol. The first-order chi connectivity index (χ1) is 8.99. The zero-order chi connectivity index (χ0) is 15.7. The van der Waals surface area contributed by atoms with E-state index >= 15 is 0 Å². The summed E-state index contributed by atoms with van der Waals surface area (Å²) in [5.41, 5.74) is -2.72. The van der Waals surface area contributed by atoms with E-state index in [1.165, 1.54) is 26.0 Å². The molecule has 0 saturated carbocycles. The minimum Gasteiger partial charge on any atom is -0.423 e. The molecule has 0 saturated heterocycles. The maximum absolute atomic E-state index is 14.0. The van der Waals surface area contributed by atoms with Gasteiger partial charge in [-0.15, -0.1) is 0 Å². The normalized spacial score (nSPS) is 12.4. The third-order valence-electron chi connectivity index (χ3n) is 3.37. The highest BCUT2D eigenvalue weighted by Crippen LogP contribution is 2.25. The molecule has 0 aliphatic rings. The van der Waals surface area contributed by atoms with Crippen molar-refractivity contribution in [2.75, 3.05) is 0 Å². The van der Waals surface area contributed by atoms with Gasteiger partial charge in [0.25, 0.3) is 0 Å². The number of hydrogen-bond donors (Lipinski definition) is 2. The third-order valence-corrected chi connectivity index (χ3v) is 3.82. The van der Waals surface area contributed by atoms with Gasteiger partial charge in [0, 0.05) is 9.94 Å². The van der Waals surface area contributed by atoms with Gasteiger partial charge in [-0.3, -0.25) is 4.79 Å². The van der Waals surface area contributed by atoms with Crippen LogP contribution < -0.4 is 5.46 Å². The van der Waals surface area contributed by atoms with Gasteiger partial charge in [-0.25, -0.2) is 4.39 Å². The smallest absolute Gasteiger partial charge is 0.423 e. The van der Waals surface area contributed by atoms with Gasteiger partial charge in [0.15, 0.2) is 6.29 Å². The van der Waals surface area contributed by atoms with Gasteiger partial charge < -0.3 is 14.8 Å². The van der Waals surface area contributed by atoms with Crippen LogP contribution in [0.1, 0.15) is 38.1 Å². The molecule has 0 amide bonds.